The largest absolute Gasteiger partial charge is 0.371 e. The van der Waals surface area contributed by atoms with E-state index in [1.807, 2.05) is 0 Å². The molecule has 0 aromatic heterocycles. The fourth-order valence-electron chi connectivity index (χ4n) is 1.66. The molecule has 0 bridgehead atoms. The van der Waals surface area contributed by atoms with E-state index in [-0.39, 0.29) is 10.8 Å². The van der Waals surface area contributed by atoms with Crippen molar-refractivity contribution in [1.29, 1.82) is 0 Å². The Kier molecular flexibility index (Phi) is 3.27. The third-order valence-corrected chi connectivity index (χ3v) is 2.92. The van der Waals surface area contributed by atoms with E-state index in [9.17, 15) is 0 Å². The summed E-state index contributed by atoms with van der Waals surface area (Å²) in [6.07, 6.45) is 0.668. The van der Waals surface area contributed by atoms with Crippen LogP contribution in [0.25, 0.3) is 0 Å². The van der Waals surface area contributed by atoms with Crippen molar-refractivity contribution in [3.05, 3.63) is 0 Å². The number of hydrogen-bond donors (Lipinski definition) is 1. The first kappa shape index (κ1) is 12.0. The second-order valence-electron chi connectivity index (χ2n) is 6.50. The van der Waals surface area contributed by atoms with E-state index in [1.165, 1.54) is 0 Å². The average Bonchev–Trinajstić information content (AvgIpc) is 2.01. The average molecular weight is 199 g/mol. The summed E-state index contributed by atoms with van der Waals surface area (Å²) in [6.45, 7) is 15.4. The van der Waals surface area contributed by atoms with Crippen LogP contribution in [-0.4, -0.2) is 25.3 Å². The van der Waals surface area contributed by atoms with E-state index in [2.05, 4.69) is 46.9 Å². The fraction of sp³-hybridized carbons (Fsp3) is 1.00. The van der Waals surface area contributed by atoms with Gasteiger partial charge in [-0.1, -0.05) is 41.5 Å². The van der Waals surface area contributed by atoms with Gasteiger partial charge >= 0.3 is 0 Å². The van der Waals surface area contributed by atoms with Crippen LogP contribution in [-0.2, 0) is 4.74 Å². The Labute approximate surface area is 88.4 Å². The summed E-state index contributed by atoms with van der Waals surface area (Å²) in [6, 6.07) is 0. The van der Waals surface area contributed by atoms with Crippen molar-refractivity contribution < 1.29 is 4.74 Å². The Bertz CT molecular complexity index is 167. The Morgan fingerprint density at radius 2 is 1.21 bits per heavy atom. The molecule has 2 atom stereocenters. The zero-order chi connectivity index (χ0) is 11.0. The Morgan fingerprint density at radius 3 is 1.50 bits per heavy atom. The van der Waals surface area contributed by atoms with Gasteiger partial charge in [0.2, 0.25) is 0 Å². The van der Waals surface area contributed by atoms with Crippen LogP contribution in [0.3, 0.4) is 0 Å². The summed E-state index contributed by atoms with van der Waals surface area (Å²) >= 11 is 0. The SMILES string of the molecule is CC(C)(C)C1CNCC(C(C)(C)C)O1. The van der Waals surface area contributed by atoms with Crippen LogP contribution in [0.4, 0.5) is 0 Å². The Morgan fingerprint density at radius 1 is 0.857 bits per heavy atom. The molecular formula is C12H25NO. The van der Waals surface area contributed by atoms with Crippen LogP contribution < -0.4 is 5.32 Å². The Balaban J connectivity index is 2.61. The molecule has 1 rings (SSSR count). The minimum absolute atomic E-state index is 0.233. The smallest absolute Gasteiger partial charge is 0.0752 e. The maximum absolute atomic E-state index is 6.15. The molecule has 0 amide bonds. The number of ether oxygens (including phenoxy) is 1. The van der Waals surface area contributed by atoms with Crippen LogP contribution >= 0.6 is 0 Å². The molecule has 2 heteroatoms. The highest BCUT2D eigenvalue weighted by Gasteiger charge is 2.36. The quantitative estimate of drug-likeness (QED) is 0.647. The third-order valence-electron chi connectivity index (χ3n) is 2.92. The van der Waals surface area contributed by atoms with Crippen molar-refractivity contribution in [1.82, 2.24) is 5.32 Å². The lowest BCUT2D eigenvalue weighted by Crippen LogP contribution is -2.53. The molecular weight excluding hydrogens is 174 g/mol. The molecule has 0 radical (unpaired) electrons. The van der Waals surface area contributed by atoms with Crippen LogP contribution in [0.5, 0.6) is 0 Å². The molecule has 1 saturated heterocycles. The molecule has 1 N–H and O–H groups in total. The van der Waals surface area contributed by atoms with Gasteiger partial charge in [0.05, 0.1) is 12.2 Å². The van der Waals surface area contributed by atoms with Gasteiger partial charge in [0, 0.05) is 13.1 Å². The van der Waals surface area contributed by atoms with Gasteiger partial charge < -0.3 is 10.1 Å². The van der Waals surface area contributed by atoms with Crippen molar-refractivity contribution in [2.24, 2.45) is 10.8 Å². The molecule has 1 heterocycles. The highest BCUT2D eigenvalue weighted by molar-refractivity contribution is 4.87. The monoisotopic (exact) mass is 199 g/mol. The number of nitrogens with one attached hydrogen (secondary N) is 1. The highest BCUT2D eigenvalue weighted by atomic mass is 16.5. The lowest BCUT2D eigenvalue weighted by molar-refractivity contribution is -0.124. The van der Waals surface area contributed by atoms with Gasteiger partial charge in [-0.3, -0.25) is 0 Å². The first-order valence-corrected chi connectivity index (χ1v) is 5.57. The molecule has 0 saturated carbocycles. The molecule has 1 aliphatic heterocycles. The predicted molar refractivity (Wildman–Crippen MR) is 60.4 cm³/mol. The third kappa shape index (κ3) is 2.96. The van der Waals surface area contributed by atoms with Gasteiger partial charge in [-0.05, 0) is 10.8 Å². The van der Waals surface area contributed by atoms with Crippen LogP contribution in [0.1, 0.15) is 41.5 Å². The minimum atomic E-state index is 0.233. The van der Waals surface area contributed by atoms with E-state index in [4.69, 9.17) is 4.74 Å². The molecule has 0 aromatic carbocycles. The molecule has 84 valence electrons. The van der Waals surface area contributed by atoms with Gasteiger partial charge in [-0.2, -0.15) is 0 Å². The van der Waals surface area contributed by atoms with E-state index in [0.717, 1.165) is 13.1 Å². The van der Waals surface area contributed by atoms with Gasteiger partial charge in [0.15, 0.2) is 0 Å². The molecule has 1 aliphatic rings. The summed E-state index contributed by atoms with van der Waals surface area (Å²) in [7, 11) is 0. The van der Waals surface area contributed by atoms with Crippen molar-refractivity contribution in [3.8, 4) is 0 Å². The minimum Gasteiger partial charge on any atom is -0.371 e. The van der Waals surface area contributed by atoms with E-state index < -0.39 is 0 Å². The summed E-state index contributed by atoms with van der Waals surface area (Å²) in [5.74, 6) is 0. The van der Waals surface area contributed by atoms with E-state index >= 15 is 0 Å². The molecule has 2 nitrogen and oxygen atoms in total. The molecule has 0 aliphatic carbocycles. The summed E-state index contributed by atoms with van der Waals surface area (Å²) in [5.41, 5.74) is 0.466. The van der Waals surface area contributed by atoms with Gasteiger partial charge in [0.25, 0.3) is 0 Å². The maximum Gasteiger partial charge on any atom is 0.0752 e. The Hall–Kier alpha value is -0.0800. The first-order chi connectivity index (χ1) is 6.21. The van der Waals surface area contributed by atoms with Gasteiger partial charge in [0.1, 0.15) is 0 Å². The van der Waals surface area contributed by atoms with Gasteiger partial charge in [-0.25, -0.2) is 0 Å². The maximum atomic E-state index is 6.15. The second kappa shape index (κ2) is 3.82. The standard InChI is InChI=1S/C12H25NO/c1-11(2,3)9-7-13-8-10(14-9)12(4,5)6/h9-10,13H,7-8H2,1-6H3. The number of rotatable bonds is 0. The van der Waals surface area contributed by atoms with Crippen LogP contribution in [0.15, 0.2) is 0 Å². The number of hydrogen-bond acceptors (Lipinski definition) is 2. The molecule has 0 spiro atoms. The predicted octanol–water partition coefficient (Wildman–Crippen LogP) is 2.44. The highest BCUT2D eigenvalue weighted by Crippen LogP contribution is 2.30. The normalized spacial score (nSPS) is 30.4. The topological polar surface area (TPSA) is 21.3 Å². The second-order valence-corrected chi connectivity index (χ2v) is 6.50. The van der Waals surface area contributed by atoms with E-state index in [1.54, 1.807) is 0 Å². The molecule has 14 heavy (non-hydrogen) atoms. The summed E-state index contributed by atoms with van der Waals surface area (Å²) in [4.78, 5) is 0. The lowest BCUT2D eigenvalue weighted by Gasteiger charge is -2.43. The van der Waals surface area contributed by atoms with Crippen molar-refractivity contribution in [3.63, 3.8) is 0 Å². The van der Waals surface area contributed by atoms with Gasteiger partial charge in [-0.15, -0.1) is 0 Å². The van der Waals surface area contributed by atoms with E-state index in [0.29, 0.717) is 12.2 Å². The van der Waals surface area contributed by atoms with Crippen molar-refractivity contribution in [2.75, 3.05) is 13.1 Å². The van der Waals surface area contributed by atoms with Crippen LogP contribution in [0, 0.1) is 10.8 Å². The zero-order valence-corrected chi connectivity index (χ0v) is 10.5. The van der Waals surface area contributed by atoms with Crippen molar-refractivity contribution >= 4 is 0 Å². The number of morpholine rings is 1. The van der Waals surface area contributed by atoms with Crippen molar-refractivity contribution in [2.45, 2.75) is 53.8 Å². The summed E-state index contributed by atoms with van der Waals surface area (Å²) in [5, 5.41) is 3.47. The molecule has 2 unspecified atom stereocenters. The molecule has 1 fully saturated rings. The first-order valence-electron chi connectivity index (χ1n) is 5.57. The van der Waals surface area contributed by atoms with Crippen LogP contribution in [0.2, 0.25) is 0 Å². The molecule has 0 aromatic rings. The fourth-order valence-corrected chi connectivity index (χ4v) is 1.66. The zero-order valence-electron chi connectivity index (χ0n) is 10.5. The lowest BCUT2D eigenvalue weighted by atomic mass is 9.84. The summed E-state index contributed by atoms with van der Waals surface area (Å²) < 4.78 is 6.15.